The van der Waals surface area contributed by atoms with Gasteiger partial charge in [0.2, 0.25) is 0 Å². The molecule has 0 spiro atoms. The van der Waals surface area contributed by atoms with Crippen molar-refractivity contribution >= 4 is 103 Å². The lowest BCUT2D eigenvalue weighted by molar-refractivity contribution is 0.495. The van der Waals surface area contributed by atoms with Crippen molar-refractivity contribution in [2.75, 3.05) is 0 Å². The molecule has 0 radical (unpaired) electrons. The molecule has 0 atom stereocenters. The first-order valence-corrected chi connectivity index (χ1v) is 23.9. The van der Waals surface area contributed by atoms with Gasteiger partial charge < -0.3 is 13.9 Å². The van der Waals surface area contributed by atoms with Crippen molar-refractivity contribution in [2.45, 2.75) is 12.8 Å². The molecule has 5 heteroatoms. The molecule has 0 N–H and O–H groups in total. The molecule has 0 amide bonds. The minimum atomic E-state index is 0.823. The maximum atomic E-state index is 7.43. The third-order valence-electron chi connectivity index (χ3n) is 13.4. The Labute approximate surface area is 382 Å². The Morgan fingerprint density at radius 2 is 0.938 bits per heavy atom. The molecule has 4 aromatic heterocycles. The average molecular weight is 867 g/mol. The quantitative estimate of drug-likeness (QED) is 0.163. The molecule has 14 rings (SSSR count). The van der Waals surface area contributed by atoms with E-state index in [2.05, 4.69) is 215 Å². The van der Waals surface area contributed by atoms with E-state index in [1.54, 1.807) is 0 Å². The zero-order valence-corrected chi connectivity index (χ0v) is 36.8. The van der Waals surface area contributed by atoms with E-state index in [-0.39, 0.29) is 0 Å². The van der Waals surface area contributed by atoms with Crippen LogP contribution >= 0.6 is 22.7 Å². The number of thiophene rings is 2. The van der Waals surface area contributed by atoms with Gasteiger partial charge in [0.15, 0.2) is 0 Å². The van der Waals surface area contributed by atoms with Gasteiger partial charge in [-0.25, -0.2) is 0 Å². The van der Waals surface area contributed by atoms with Gasteiger partial charge in [-0.05, 0) is 132 Å². The molecule has 0 fully saturated rings. The second-order valence-corrected chi connectivity index (χ2v) is 19.3. The SMILES string of the molecule is C1=Cc2c(sc3ccc(-n4c5ccc(-c6ccccc6)cc5c5c(Oc6cccc7c6c6cc(-c8ccccc8)ccc6n7-c6ccc7sc8ccccc8c7c6)cccc54)cc23)CC1. The summed E-state index contributed by atoms with van der Waals surface area (Å²) in [7, 11) is 0. The smallest absolute Gasteiger partial charge is 0.137 e. The van der Waals surface area contributed by atoms with Crippen molar-refractivity contribution in [1.82, 2.24) is 9.13 Å². The van der Waals surface area contributed by atoms with Crippen LogP contribution in [0.3, 0.4) is 0 Å². The molecule has 0 saturated heterocycles. The van der Waals surface area contributed by atoms with E-state index in [9.17, 15) is 0 Å². The molecule has 13 aromatic rings. The molecule has 1 aliphatic carbocycles. The van der Waals surface area contributed by atoms with Crippen LogP contribution in [0.15, 0.2) is 200 Å². The van der Waals surface area contributed by atoms with E-state index < -0.39 is 0 Å². The number of nitrogens with zero attached hydrogens (tertiary/aromatic N) is 2. The average Bonchev–Trinajstić information content (AvgIpc) is 4.12. The molecule has 4 heterocycles. The van der Waals surface area contributed by atoms with E-state index in [0.717, 1.165) is 79.3 Å². The number of hydrogen-bond acceptors (Lipinski definition) is 3. The second kappa shape index (κ2) is 14.4. The fraction of sp³-hybridized carbons (Fsp3) is 0.0333. The van der Waals surface area contributed by atoms with Crippen LogP contribution in [0.25, 0.3) is 114 Å². The molecule has 0 aliphatic heterocycles. The topological polar surface area (TPSA) is 19.1 Å². The van der Waals surface area contributed by atoms with Crippen LogP contribution in [0, 0.1) is 0 Å². The number of ether oxygens (including phenoxy) is 1. The number of aromatic nitrogens is 2. The number of hydrogen-bond donors (Lipinski definition) is 0. The van der Waals surface area contributed by atoms with Gasteiger partial charge in [-0.1, -0.05) is 115 Å². The highest BCUT2D eigenvalue weighted by molar-refractivity contribution is 7.25. The van der Waals surface area contributed by atoms with E-state index in [0.29, 0.717) is 0 Å². The Morgan fingerprint density at radius 1 is 0.385 bits per heavy atom. The number of aryl methyl sites for hydroxylation is 1. The summed E-state index contributed by atoms with van der Waals surface area (Å²) in [5, 5.41) is 8.37. The summed E-state index contributed by atoms with van der Waals surface area (Å²) in [6.45, 7) is 0. The highest BCUT2D eigenvalue weighted by atomic mass is 32.1. The molecular formula is C60H38N2OS2. The molecule has 0 saturated carbocycles. The molecule has 9 aromatic carbocycles. The van der Waals surface area contributed by atoms with Crippen molar-refractivity contribution in [3.05, 3.63) is 211 Å². The summed E-state index contributed by atoms with van der Waals surface area (Å²) >= 11 is 3.79. The number of benzene rings is 9. The Hall–Kier alpha value is -7.70. The summed E-state index contributed by atoms with van der Waals surface area (Å²) < 4.78 is 16.2. The van der Waals surface area contributed by atoms with E-state index in [1.165, 1.54) is 63.0 Å². The lowest BCUT2D eigenvalue weighted by Crippen LogP contribution is -1.94. The highest BCUT2D eigenvalue weighted by Gasteiger charge is 2.23. The molecule has 0 bridgehead atoms. The minimum absolute atomic E-state index is 0.823. The third-order valence-corrected chi connectivity index (χ3v) is 15.8. The fourth-order valence-corrected chi connectivity index (χ4v) is 12.7. The largest absolute Gasteiger partial charge is 0.456 e. The Bertz CT molecular complexity index is 4090. The standard InChI is InChI=1S/C60H38N2OS2/c1-3-13-37(14-4-1)39-25-29-49-47(33-39)59-51(61(49)41-27-31-57-45(35-41)43-17-7-9-23-55(43)64-57)19-11-21-53(59)63-54-22-12-20-52-60(54)48-34-40(38-15-5-2-6-16-38)26-30-50(48)62(52)42-28-32-58-46(36-42)44-18-8-10-24-56(44)65-58/h1-9,11-23,25-36H,10,24H2. The summed E-state index contributed by atoms with van der Waals surface area (Å²) in [6.07, 6.45) is 6.87. The van der Waals surface area contributed by atoms with Gasteiger partial charge in [0.25, 0.3) is 0 Å². The molecule has 306 valence electrons. The van der Waals surface area contributed by atoms with Crippen LogP contribution in [0.2, 0.25) is 0 Å². The van der Waals surface area contributed by atoms with Crippen molar-refractivity contribution in [3.8, 4) is 45.1 Å². The van der Waals surface area contributed by atoms with Crippen LogP contribution in [0.1, 0.15) is 16.9 Å². The van der Waals surface area contributed by atoms with Crippen molar-refractivity contribution in [3.63, 3.8) is 0 Å². The van der Waals surface area contributed by atoms with Crippen LogP contribution in [-0.2, 0) is 6.42 Å². The van der Waals surface area contributed by atoms with Gasteiger partial charge in [-0.15, -0.1) is 22.7 Å². The zero-order chi connectivity index (χ0) is 42.6. The maximum Gasteiger partial charge on any atom is 0.137 e. The second-order valence-electron chi connectivity index (χ2n) is 17.1. The van der Waals surface area contributed by atoms with Gasteiger partial charge in [0.1, 0.15) is 11.5 Å². The first-order valence-electron chi connectivity index (χ1n) is 22.3. The van der Waals surface area contributed by atoms with Crippen molar-refractivity contribution in [2.24, 2.45) is 0 Å². The first kappa shape index (κ1) is 36.8. The van der Waals surface area contributed by atoms with Crippen LogP contribution in [0.5, 0.6) is 11.5 Å². The lowest BCUT2D eigenvalue weighted by Gasteiger charge is -2.12. The summed E-state index contributed by atoms with van der Waals surface area (Å²) in [5.74, 6) is 1.65. The van der Waals surface area contributed by atoms with E-state index in [1.807, 2.05) is 22.7 Å². The number of rotatable bonds is 6. The predicted molar refractivity (Wildman–Crippen MR) is 278 cm³/mol. The van der Waals surface area contributed by atoms with Crippen LogP contribution in [0.4, 0.5) is 0 Å². The van der Waals surface area contributed by atoms with Gasteiger partial charge in [0.05, 0.1) is 32.8 Å². The lowest BCUT2D eigenvalue weighted by atomic mass is 10.0. The molecule has 0 unspecified atom stereocenters. The maximum absolute atomic E-state index is 7.43. The van der Waals surface area contributed by atoms with Gasteiger partial charge in [-0.3, -0.25) is 0 Å². The van der Waals surface area contributed by atoms with Gasteiger partial charge >= 0.3 is 0 Å². The van der Waals surface area contributed by atoms with Crippen LogP contribution < -0.4 is 4.74 Å². The number of fused-ring (bicyclic) bond motifs is 12. The Balaban J connectivity index is 1.01. The molecule has 65 heavy (non-hydrogen) atoms. The Morgan fingerprint density at radius 3 is 1.57 bits per heavy atom. The normalized spacial score (nSPS) is 12.7. The van der Waals surface area contributed by atoms with Crippen LogP contribution in [-0.4, -0.2) is 9.13 Å². The highest BCUT2D eigenvalue weighted by Crippen LogP contribution is 2.46. The summed E-state index contributed by atoms with van der Waals surface area (Å²) in [6, 6.07) is 70.9. The fourth-order valence-electron chi connectivity index (χ4n) is 10.5. The van der Waals surface area contributed by atoms with E-state index in [4.69, 9.17) is 4.74 Å². The monoisotopic (exact) mass is 866 g/mol. The minimum Gasteiger partial charge on any atom is -0.456 e. The molecule has 1 aliphatic rings. The number of allylic oxidation sites excluding steroid dienone is 1. The summed E-state index contributed by atoms with van der Waals surface area (Å²) in [5.41, 5.74) is 12.9. The molecule has 3 nitrogen and oxygen atoms in total. The first-order chi connectivity index (χ1) is 32.2. The third kappa shape index (κ3) is 5.72. The predicted octanol–water partition coefficient (Wildman–Crippen LogP) is 17.5. The van der Waals surface area contributed by atoms with E-state index >= 15 is 0 Å². The summed E-state index contributed by atoms with van der Waals surface area (Å²) in [4.78, 5) is 1.48. The zero-order valence-electron chi connectivity index (χ0n) is 35.2. The van der Waals surface area contributed by atoms with Crippen molar-refractivity contribution in [1.29, 1.82) is 0 Å². The van der Waals surface area contributed by atoms with Crippen molar-refractivity contribution < 1.29 is 4.74 Å². The van der Waals surface area contributed by atoms with Gasteiger partial charge in [-0.2, -0.15) is 0 Å². The molecular weight excluding hydrogens is 829 g/mol. The Kier molecular flexibility index (Phi) is 8.15. The van der Waals surface area contributed by atoms with Gasteiger partial charge in [0, 0.05) is 57.3 Å².